The molecule has 0 spiro atoms. The molecule has 0 aromatic carbocycles. The number of rotatable bonds is 6. The molecule has 14 heavy (non-hydrogen) atoms. The van der Waals surface area contributed by atoms with Crippen molar-refractivity contribution in [1.29, 1.82) is 0 Å². The largest absolute Gasteiger partial charge is 0.463 e. The summed E-state index contributed by atoms with van der Waals surface area (Å²) in [5.41, 5.74) is 1.29. The van der Waals surface area contributed by atoms with Gasteiger partial charge in [0.15, 0.2) is 0 Å². The van der Waals surface area contributed by atoms with Gasteiger partial charge in [0.1, 0.15) is 0 Å². The van der Waals surface area contributed by atoms with Crippen molar-refractivity contribution < 1.29 is 14.3 Å². The first-order valence-corrected chi connectivity index (χ1v) is 4.56. The van der Waals surface area contributed by atoms with Crippen molar-refractivity contribution in [2.24, 2.45) is 0 Å². The first kappa shape index (κ1) is 12.9. The molecule has 0 saturated carbocycles. The average molecular weight is 198 g/mol. The number of hydrogen-bond acceptors (Lipinski definition) is 3. The van der Waals surface area contributed by atoms with Gasteiger partial charge in [-0.15, -0.1) is 6.58 Å². The fraction of sp³-hybridized carbons (Fsp3) is 0.545. The van der Waals surface area contributed by atoms with Crippen LogP contribution in [0.5, 0.6) is 0 Å². The minimum absolute atomic E-state index is 0.327. The molecule has 1 atom stereocenters. The van der Waals surface area contributed by atoms with E-state index in [2.05, 4.69) is 13.2 Å². The van der Waals surface area contributed by atoms with Crippen LogP contribution >= 0.6 is 0 Å². The van der Waals surface area contributed by atoms with E-state index >= 15 is 0 Å². The minimum atomic E-state index is -0.402. The normalized spacial score (nSPS) is 11.9. The molecule has 0 fully saturated rings. The van der Waals surface area contributed by atoms with Crippen LogP contribution in [-0.2, 0) is 14.3 Å². The lowest BCUT2D eigenvalue weighted by Gasteiger charge is -2.16. The lowest BCUT2D eigenvalue weighted by Crippen LogP contribution is -2.21. The summed E-state index contributed by atoms with van der Waals surface area (Å²) in [4.78, 5) is 11.3. The molecule has 0 bridgehead atoms. The number of esters is 1. The Morgan fingerprint density at radius 3 is 2.36 bits per heavy atom. The average Bonchev–Trinajstić information content (AvgIpc) is 2.13. The molecule has 0 amide bonds. The van der Waals surface area contributed by atoms with E-state index in [0.717, 1.165) is 5.57 Å². The Labute approximate surface area is 85.4 Å². The van der Waals surface area contributed by atoms with Crippen LogP contribution in [0.1, 0.15) is 20.3 Å². The summed E-state index contributed by atoms with van der Waals surface area (Å²) in [6.07, 6.45) is 0.264. The van der Waals surface area contributed by atoms with Gasteiger partial charge >= 0.3 is 5.97 Å². The van der Waals surface area contributed by atoms with Crippen molar-refractivity contribution in [2.75, 3.05) is 13.7 Å². The topological polar surface area (TPSA) is 35.5 Å². The van der Waals surface area contributed by atoms with E-state index in [1.54, 1.807) is 6.92 Å². The summed E-state index contributed by atoms with van der Waals surface area (Å²) in [5.74, 6) is -0.402. The van der Waals surface area contributed by atoms with Crippen LogP contribution < -0.4 is 0 Å². The maximum Gasteiger partial charge on any atom is 0.336 e. The van der Waals surface area contributed by atoms with Crippen LogP contribution in [0, 0.1) is 0 Å². The second-order valence-electron chi connectivity index (χ2n) is 3.13. The molecule has 0 aliphatic heterocycles. The van der Waals surface area contributed by atoms with Gasteiger partial charge in [0.25, 0.3) is 0 Å². The third-order valence-electron chi connectivity index (χ3n) is 1.74. The number of carbonyl (C=O) groups is 1. The Balaban J connectivity index is 4.30. The fourth-order valence-corrected chi connectivity index (χ4v) is 1.02. The zero-order valence-electron chi connectivity index (χ0n) is 9.13. The standard InChI is InChI=1S/C11H18O3/c1-6-14-11(12)9(4)10(13-5)7-8(2)3/h10H,2,4,6-7H2,1,3,5H3. The maximum absolute atomic E-state index is 11.3. The van der Waals surface area contributed by atoms with Crippen molar-refractivity contribution in [1.82, 2.24) is 0 Å². The molecule has 0 aliphatic rings. The van der Waals surface area contributed by atoms with Crippen LogP contribution in [0.3, 0.4) is 0 Å². The van der Waals surface area contributed by atoms with E-state index in [0.29, 0.717) is 18.6 Å². The Hall–Kier alpha value is -1.09. The number of carbonyl (C=O) groups excluding carboxylic acids is 1. The first-order chi connectivity index (χ1) is 6.52. The summed E-state index contributed by atoms with van der Waals surface area (Å²) in [5, 5.41) is 0. The summed E-state index contributed by atoms with van der Waals surface area (Å²) in [7, 11) is 1.54. The van der Waals surface area contributed by atoms with E-state index < -0.39 is 5.97 Å². The third-order valence-corrected chi connectivity index (χ3v) is 1.74. The minimum Gasteiger partial charge on any atom is -0.463 e. The van der Waals surface area contributed by atoms with Gasteiger partial charge in [0.05, 0.1) is 18.3 Å². The summed E-state index contributed by atoms with van der Waals surface area (Å²) in [6.45, 7) is 11.4. The second-order valence-corrected chi connectivity index (χ2v) is 3.13. The van der Waals surface area contributed by atoms with Crippen molar-refractivity contribution in [3.8, 4) is 0 Å². The van der Waals surface area contributed by atoms with Gasteiger partial charge in [0.2, 0.25) is 0 Å². The highest BCUT2D eigenvalue weighted by Crippen LogP contribution is 2.14. The Kier molecular flexibility index (Phi) is 5.88. The molecule has 3 nitrogen and oxygen atoms in total. The number of hydrogen-bond donors (Lipinski definition) is 0. The number of methoxy groups -OCH3 is 1. The molecule has 3 heteroatoms. The molecule has 0 rings (SSSR count). The second kappa shape index (κ2) is 6.38. The molecule has 0 N–H and O–H groups in total. The van der Waals surface area contributed by atoms with Gasteiger partial charge in [-0.1, -0.05) is 12.2 Å². The van der Waals surface area contributed by atoms with E-state index in [-0.39, 0.29) is 6.10 Å². The smallest absolute Gasteiger partial charge is 0.336 e. The first-order valence-electron chi connectivity index (χ1n) is 4.56. The zero-order chi connectivity index (χ0) is 11.1. The van der Waals surface area contributed by atoms with Gasteiger partial charge in [0, 0.05) is 7.11 Å². The molecular formula is C11H18O3. The monoisotopic (exact) mass is 198 g/mol. The number of ether oxygens (including phenoxy) is 2. The SMILES string of the molecule is C=C(C)CC(OC)C(=C)C(=O)OCC. The molecule has 0 saturated heterocycles. The van der Waals surface area contributed by atoms with E-state index in [1.165, 1.54) is 7.11 Å². The van der Waals surface area contributed by atoms with Gasteiger partial charge < -0.3 is 9.47 Å². The predicted molar refractivity (Wildman–Crippen MR) is 56.0 cm³/mol. The Morgan fingerprint density at radius 2 is 2.00 bits per heavy atom. The quantitative estimate of drug-likeness (QED) is 0.372. The van der Waals surface area contributed by atoms with Gasteiger partial charge in [-0.05, 0) is 20.3 Å². The fourth-order valence-electron chi connectivity index (χ4n) is 1.02. The molecule has 0 aliphatic carbocycles. The Morgan fingerprint density at radius 1 is 1.43 bits per heavy atom. The molecular weight excluding hydrogens is 180 g/mol. The van der Waals surface area contributed by atoms with Gasteiger partial charge in [-0.2, -0.15) is 0 Å². The highest BCUT2D eigenvalue weighted by molar-refractivity contribution is 5.88. The maximum atomic E-state index is 11.3. The van der Waals surface area contributed by atoms with Gasteiger partial charge in [-0.3, -0.25) is 0 Å². The highest BCUT2D eigenvalue weighted by atomic mass is 16.5. The molecule has 0 radical (unpaired) electrons. The zero-order valence-corrected chi connectivity index (χ0v) is 9.13. The van der Waals surface area contributed by atoms with Crippen LogP contribution in [0.4, 0.5) is 0 Å². The Bertz CT molecular complexity index is 231. The molecule has 80 valence electrons. The lowest BCUT2D eigenvalue weighted by molar-refractivity contribution is -0.139. The van der Waals surface area contributed by atoms with Crippen LogP contribution in [0.15, 0.2) is 24.3 Å². The van der Waals surface area contributed by atoms with E-state index in [1.807, 2.05) is 6.92 Å². The molecule has 0 heterocycles. The third kappa shape index (κ3) is 4.23. The van der Waals surface area contributed by atoms with E-state index in [9.17, 15) is 4.79 Å². The highest BCUT2D eigenvalue weighted by Gasteiger charge is 2.19. The van der Waals surface area contributed by atoms with E-state index in [4.69, 9.17) is 9.47 Å². The van der Waals surface area contributed by atoms with Gasteiger partial charge in [-0.25, -0.2) is 4.79 Å². The molecule has 0 aromatic rings. The van der Waals surface area contributed by atoms with Crippen LogP contribution in [0.25, 0.3) is 0 Å². The van der Waals surface area contributed by atoms with Crippen LogP contribution in [-0.4, -0.2) is 25.8 Å². The van der Waals surface area contributed by atoms with Crippen molar-refractivity contribution in [3.63, 3.8) is 0 Å². The lowest BCUT2D eigenvalue weighted by atomic mass is 10.0. The van der Waals surface area contributed by atoms with Crippen molar-refractivity contribution >= 4 is 5.97 Å². The summed E-state index contributed by atoms with van der Waals surface area (Å²) < 4.78 is 9.95. The van der Waals surface area contributed by atoms with Crippen molar-refractivity contribution in [3.05, 3.63) is 24.3 Å². The van der Waals surface area contributed by atoms with Crippen molar-refractivity contribution in [2.45, 2.75) is 26.4 Å². The summed E-state index contributed by atoms with van der Waals surface area (Å²) >= 11 is 0. The molecule has 0 aromatic heterocycles. The molecule has 1 unspecified atom stereocenters. The predicted octanol–water partition coefficient (Wildman–Crippen LogP) is 2.09. The summed E-state index contributed by atoms with van der Waals surface area (Å²) in [6, 6.07) is 0. The van der Waals surface area contributed by atoms with Crippen LogP contribution in [0.2, 0.25) is 0 Å².